The summed E-state index contributed by atoms with van der Waals surface area (Å²) >= 11 is 1.37. The van der Waals surface area contributed by atoms with Gasteiger partial charge in [0, 0.05) is 10.9 Å². The molecule has 2 aromatic rings. The van der Waals surface area contributed by atoms with Crippen molar-refractivity contribution in [2.75, 3.05) is 5.73 Å². The summed E-state index contributed by atoms with van der Waals surface area (Å²) in [5.41, 5.74) is 7.48. The molecule has 2 radical (unpaired) electrons. The molecule has 0 fully saturated rings. The van der Waals surface area contributed by atoms with E-state index >= 15 is 0 Å². The Bertz CT molecular complexity index is 470. The van der Waals surface area contributed by atoms with Crippen LogP contribution in [0.2, 0.25) is 0 Å². The van der Waals surface area contributed by atoms with Crippen LogP contribution in [0.3, 0.4) is 0 Å². The summed E-state index contributed by atoms with van der Waals surface area (Å²) < 4.78 is 0. The second-order valence-corrected chi connectivity index (χ2v) is 3.73. The smallest absolute Gasteiger partial charge is 0.180 e. The first kappa shape index (κ1) is 9.08. The highest BCUT2D eigenvalue weighted by molar-refractivity contribution is 7.13. The highest BCUT2D eigenvalue weighted by Crippen LogP contribution is 2.23. The molecule has 0 amide bonds. The average Bonchev–Trinajstić information content (AvgIpc) is 2.57. The first-order valence-electron chi connectivity index (χ1n) is 3.96. The number of hydrogen-bond donors (Lipinski definition) is 2. The summed E-state index contributed by atoms with van der Waals surface area (Å²) in [5.74, 6) is 0.0805. The lowest BCUT2D eigenvalue weighted by molar-refractivity contribution is 0.479. The van der Waals surface area contributed by atoms with E-state index in [1.807, 2.05) is 5.38 Å². The van der Waals surface area contributed by atoms with Crippen molar-refractivity contribution < 1.29 is 5.11 Å². The fraction of sp³-hybridized carbons (Fsp3) is 0. The third-order valence-corrected chi connectivity index (χ3v) is 2.52. The van der Waals surface area contributed by atoms with Gasteiger partial charge in [0.2, 0.25) is 0 Å². The molecule has 0 saturated carbocycles. The summed E-state index contributed by atoms with van der Waals surface area (Å²) in [4.78, 5) is 4.11. The molecule has 0 aliphatic heterocycles. The molecule has 0 spiro atoms. The van der Waals surface area contributed by atoms with E-state index < -0.39 is 0 Å². The lowest BCUT2D eigenvalue weighted by Crippen LogP contribution is -2.02. The van der Waals surface area contributed by atoms with Gasteiger partial charge in [0.05, 0.1) is 5.69 Å². The van der Waals surface area contributed by atoms with Crippen molar-refractivity contribution >= 4 is 29.8 Å². The van der Waals surface area contributed by atoms with Crippen molar-refractivity contribution in [3.63, 3.8) is 0 Å². The monoisotopic (exact) mass is 202 g/mol. The topological polar surface area (TPSA) is 59.1 Å². The molecule has 0 aliphatic rings. The van der Waals surface area contributed by atoms with Gasteiger partial charge in [-0.3, -0.25) is 0 Å². The molecule has 3 nitrogen and oxygen atoms in total. The van der Waals surface area contributed by atoms with E-state index in [0.29, 0.717) is 10.6 Å². The van der Waals surface area contributed by atoms with Crippen LogP contribution in [0, 0.1) is 0 Å². The summed E-state index contributed by atoms with van der Waals surface area (Å²) in [6.45, 7) is 0. The van der Waals surface area contributed by atoms with Gasteiger partial charge >= 0.3 is 0 Å². The number of rotatable bonds is 1. The Hall–Kier alpha value is -1.49. The lowest BCUT2D eigenvalue weighted by Gasteiger charge is -2.01. The van der Waals surface area contributed by atoms with Crippen LogP contribution in [0.4, 0.5) is 5.13 Å². The number of nitrogens with two attached hydrogens (primary N) is 1. The number of nitrogen functional groups attached to an aromatic ring is 1. The molecule has 68 valence electrons. The average molecular weight is 202 g/mol. The zero-order valence-electron chi connectivity index (χ0n) is 7.27. The summed E-state index contributed by atoms with van der Waals surface area (Å²) in [5, 5.41) is 11.6. The fourth-order valence-corrected chi connectivity index (χ4v) is 1.71. The molecule has 1 heterocycles. The number of anilines is 1. The minimum absolute atomic E-state index is 0.0805. The van der Waals surface area contributed by atoms with Gasteiger partial charge in [-0.15, -0.1) is 11.3 Å². The largest absolute Gasteiger partial charge is 0.509 e. The molecule has 2 rings (SSSR count). The van der Waals surface area contributed by atoms with Crippen LogP contribution in [-0.2, 0) is 0 Å². The maximum atomic E-state index is 9.23. The van der Waals surface area contributed by atoms with Crippen LogP contribution in [0.1, 0.15) is 0 Å². The molecule has 0 aliphatic carbocycles. The molecule has 5 heteroatoms. The van der Waals surface area contributed by atoms with Gasteiger partial charge in [0.15, 0.2) is 5.13 Å². The SMILES string of the molecule is [B]c1cc(-c2csc(N)n2)ccc1O. The van der Waals surface area contributed by atoms with Crippen LogP contribution in [0.5, 0.6) is 5.75 Å². The number of nitrogens with zero attached hydrogens (tertiary/aromatic N) is 1. The van der Waals surface area contributed by atoms with Crippen LogP contribution < -0.4 is 11.2 Å². The van der Waals surface area contributed by atoms with Crippen molar-refractivity contribution in [1.82, 2.24) is 4.98 Å². The zero-order valence-corrected chi connectivity index (χ0v) is 8.08. The third-order valence-electron chi connectivity index (χ3n) is 1.85. The number of hydrogen-bond acceptors (Lipinski definition) is 4. The first-order valence-corrected chi connectivity index (χ1v) is 4.84. The standard InChI is InChI=1S/C9H7BN2OS/c10-6-3-5(1-2-8(6)13)7-4-14-9(11)12-7/h1-4,13H,(H2,11,12). The Morgan fingerprint density at radius 3 is 2.79 bits per heavy atom. The molecule has 1 aromatic carbocycles. The normalized spacial score (nSPS) is 10.3. The molecule has 0 atom stereocenters. The second kappa shape index (κ2) is 3.34. The maximum Gasteiger partial charge on any atom is 0.180 e. The fourth-order valence-electron chi connectivity index (χ4n) is 1.13. The minimum Gasteiger partial charge on any atom is -0.509 e. The minimum atomic E-state index is 0.0805. The Kier molecular flexibility index (Phi) is 2.17. The zero-order chi connectivity index (χ0) is 10.1. The van der Waals surface area contributed by atoms with E-state index in [0.717, 1.165) is 11.3 Å². The van der Waals surface area contributed by atoms with Gasteiger partial charge in [-0.2, -0.15) is 0 Å². The third kappa shape index (κ3) is 1.58. The molecule has 0 bridgehead atoms. The Balaban J connectivity index is 2.47. The molecule has 3 N–H and O–H groups in total. The summed E-state index contributed by atoms with van der Waals surface area (Å²) in [6, 6.07) is 4.96. The number of aromatic hydroxyl groups is 1. The lowest BCUT2D eigenvalue weighted by atomic mass is 9.92. The van der Waals surface area contributed by atoms with Crippen LogP contribution in [0.25, 0.3) is 11.3 Å². The van der Waals surface area contributed by atoms with Gasteiger partial charge < -0.3 is 10.8 Å². The molecular formula is C9H7BN2OS. The van der Waals surface area contributed by atoms with E-state index in [2.05, 4.69) is 4.98 Å². The number of aromatic nitrogens is 1. The van der Waals surface area contributed by atoms with Crippen molar-refractivity contribution in [2.24, 2.45) is 0 Å². The quantitative estimate of drug-likeness (QED) is 0.675. The van der Waals surface area contributed by atoms with Gasteiger partial charge in [0.1, 0.15) is 13.6 Å². The van der Waals surface area contributed by atoms with E-state index in [-0.39, 0.29) is 5.75 Å². The number of phenols is 1. The van der Waals surface area contributed by atoms with Gasteiger partial charge in [-0.05, 0) is 12.1 Å². The van der Waals surface area contributed by atoms with Gasteiger partial charge in [-0.1, -0.05) is 11.5 Å². The van der Waals surface area contributed by atoms with Crippen LogP contribution in [0.15, 0.2) is 23.6 Å². The number of thiazole rings is 1. The van der Waals surface area contributed by atoms with Gasteiger partial charge in [-0.25, -0.2) is 4.98 Å². The molecule has 1 aromatic heterocycles. The molecule has 14 heavy (non-hydrogen) atoms. The Labute approximate surface area is 86.6 Å². The van der Waals surface area contributed by atoms with E-state index in [1.165, 1.54) is 11.3 Å². The van der Waals surface area contributed by atoms with Gasteiger partial charge in [0.25, 0.3) is 0 Å². The maximum absolute atomic E-state index is 9.23. The second-order valence-electron chi connectivity index (χ2n) is 2.84. The first-order chi connectivity index (χ1) is 6.66. The summed E-state index contributed by atoms with van der Waals surface area (Å²) in [7, 11) is 5.56. The Morgan fingerprint density at radius 1 is 1.43 bits per heavy atom. The van der Waals surface area contributed by atoms with Crippen molar-refractivity contribution in [2.45, 2.75) is 0 Å². The Morgan fingerprint density at radius 2 is 2.21 bits per heavy atom. The van der Waals surface area contributed by atoms with E-state index in [4.69, 9.17) is 13.6 Å². The predicted molar refractivity (Wildman–Crippen MR) is 59.0 cm³/mol. The van der Waals surface area contributed by atoms with E-state index in [1.54, 1.807) is 18.2 Å². The van der Waals surface area contributed by atoms with Crippen molar-refractivity contribution in [3.8, 4) is 17.0 Å². The van der Waals surface area contributed by atoms with Crippen LogP contribution >= 0.6 is 11.3 Å². The highest BCUT2D eigenvalue weighted by atomic mass is 32.1. The van der Waals surface area contributed by atoms with Crippen LogP contribution in [-0.4, -0.2) is 17.9 Å². The summed E-state index contributed by atoms with van der Waals surface area (Å²) in [6.07, 6.45) is 0. The highest BCUT2D eigenvalue weighted by Gasteiger charge is 2.03. The van der Waals surface area contributed by atoms with Crippen molar-refractivity contribution in [1.29, 1.82) is 0 Å². The molecular weight excluding hydrogens is 195 g/mol. The van der Waals surface area contributed by atoms with Crippen molar-refractivity contribution in [3.05, 3.63) is 23.6 Å². The number of benzene rings is 1. The molecule has 0 unspecified atom stereocenters. The number of phenolic OH excluding ortho intramolecular Hbond substituents is 1. The predicted octanol–water partition coefficient (Wildman–Crippen LogP) is 0.892. The molecule has 0 saturated heterocycles. The van der Waals surface area contributed by atoms with E-state index in [9.17, 15) is 5.11 Å².